The number of ether oxygens (including phenoxy) is 9. The molecule has 4 fully saturated rings. The molecule has 18 atom stereocenters. The molecule has 4 aliphatic rings. The molecule has 6 rings (SSSR count). The highest BCUT2D eigenvalue weighted by Gasteiger charge is 2.54. The lowest BCUT2D eigenvalue weighted by Gasteiger charge is -2.49. The van der Waals surface area contributed by atoms with E-state index in [4.69, 9.17) is 42.6 Å². The van der Waals surface area contributed by atoms with Crippen molar-refractivity contribution in [3.63, 3.8) is 0 Å². The minimum Gasteiger partial charge on any atom is -0.491 e. The van der Waals surface area contributed by atoms with Gasteiger partial charge >= 0.3 is 17.9 Å². The minimum absolute atomic E-state index is 0.00937. The lowest BCUT2D eigenvalue weighted by atomic mass is 9.77. The number of likely N-dealkylation sites (N-methyl/N-ethyl adjacent to an activating group) is 2. The summed E-state index contributed by atoms with van der Waals surface area (Å²) in [6.07, 6.45) is -5.27. The van der Waals surface area contributed by atoms with Crippen LogP contribution >= 0.6 is 22.6 Å². The van der Waals surface area contributed by atoms with E-state index >= 15 is 0 Å². The van der Waals surface area contributed by atoms with Crippen molar-refractivity contribution in [2.24, 2.45) is 17.8 Å². The fourth-order valence-corrected chi connectivity index (χ4v) is 11.9. The van der Waals surface area contributed by atoms with Crippen molar-refractivity contribution in [2.75, 3.05) is 54.6 Å². The number of nitrogens with zero attached hydrogens (tertiary/aromatic N) is 3. The molecule has 5 N–H and O–H groups in total. The number of esters is 2. The minimum atomic E-state index is -1.89. The number of halogens is 1. The van der Waals surface area contributed by atoms with E-state index in [1.165, 1.54) is 26.3 Å². The Morgan fingerprint density at radius 3 is 2.25 bits per heavy atom. The highest BCUT2D eigenvalue weighted by Crippen LogP contribution is 2.42. The van der Waals surface area contributed by atoms with E-state index in [1.807, 2.05) is 71.9 Å². The molecule has 1 aromatic carbocycles. The summed E-state index contributed by atoms with van der Waals surface area (Å²) in [6, 6.07) is 4.20. The highest BCUT2D eigenvalue weighted by atomic mass is 127. The van der Waals surface area contributed by atoms with Gasteiger partial charge in [0.2, 0.25) is 5.43 Å². The van der Waals surface area contributed by atoms with Crippen molar-refractivity contribution >= 4 is 51.4 Å². The van der Waals surface area contributed by atoms with Crippen molar-refractivity contribution in [3.8, 4) is 5.75 Å². The number of methoxy groups -OCH3 is 1. The Morgan fingerprint density at radius 1 is 0.934 bits per heavy atom. The summed E-state index contributed by atoms with van der Waals surface area (Å²) in [5.41, 5.74) is -4.98. The zero-order valence-electron chi connectivity index (χ0n) is 46.4. The van der Waals surface area contributed by atoms with Crippen LogP contribution in [0.4, 0.5) is 0 Å². The van der Waals surface area contributed by atoms with Crippen LogP contribution in [0.2, 0.25) is 0 Å². The lowest BCUT2D eigenvalue weighted by Crippen LogP contribution is -2.61. The van der Waals surface area contributed by atoms with Gasteiger partial charge in [0.1, 0.15) is 41.3 Å². The number of rotatable bonds is 16. The number of aliphatic hydroxyl groups excluding tert-OH is 2. The molecule has 76 heavy (non-hydrogen) atoms. The average molecular weight is 1190 g/mol. The third-order valence-corrected chi connectivity index (χ3v) is 17.5. The number of carbonyl (C=O) groups excluding carboxylic acids is 2. The van der Waals surface area contributed by atoms with Gasteiger partial charge in [0.05, 0.1) is 66.5 Å². The van der Waals surface area contributed by atoms with Gasteiger partial charge in [0, 0.05) is 50.3 Å². The predicted molar refractivity (Wildman–Crippen MR) is 286 cm³/mol. The molecule has 430 valence electrons. The van der Waals surface area contributed by atoms with Gasteiger partial charge in [0.25, 0.3) is 0 Å². The molecule has 21 nitrogen and oxygen atoms in total. The van der Waals surface area contributed by atoms with E-state index in [-0.39, 0.29) is 74.1 Å². The van der Waals surface area contributed by atoms with Crippen LogP contribution < -0.4 is 10.2 Å². The first-order valence-electron chi connectivity index (χ1n) is 26.5. The number of aromatic carboxylic acids is 1. The summed E-state index contributed by atoms with van der Waals surface area (Å²) in [6.45, 7) is 16.1. The van der Waals surface area contributed by atoms with Gasteiger partial charge in [0.15, 0.2) is 22.8 Å². The van der Waals surface area contributed by atoms with Gasteiger partial charge in [-0.3, -0.25) is 14.4 Å². The van der Waals surface area contributed by atoms with Gasteiger partial charge in [-0.2, -0.15) is 0 Å². The number of cyclic esters (lactones) is 1. The SMILES string of the molecule is CO[C@]1(C)C[C@H](O[C@H]2[C@H](C)[C@@H](O[C@@H]3O[C@H](C)C[C@H](N(C)C)[C@@H]3O)[C@](C)(O)C[C@@H](C)CN(C)[C@H](C)[C@@H](O)[C@](C)(O)[C@@H](I)OC(=O)[C@@H]2C)O[C@@H](C)[C@@H]1OC(=O)CCOCCOc1ccc2c(c1)c(=O)c(C(=O)O)cn2C1CC1. The number of pyridine rings is 1. The van der Waals surface area contributed by atoms with E-state index in [0.717, 1.165) is 12.8 Å². The van der Waals surface area contributed by atoms with E-state index in [0.29, 0.717) is 24.2 Å². The Labute approximate surface area is 459 Å². The van der Waals surface area contributed by atoms with Gasteiger partial charge in [-0.05, 0) is 142 Å². The molecule has 1 aliphatic carbocycles. The molecule has 1 aromatic heterocycles. The maximum Gasteiger partial charge on any atom is 0.341 e. The third kappa shape index (κ3) is 14.4. The Hall–Kier alpha value is -3.11. The number of fused-ring (bicyclic) bond motifs is 1. The van der Waals surface area contributed by atoms with Crippen molar-refractivity contribution < 1.29 is 82.5 Å². The number of carbonyl (C=O) groups is 3. The second-order valence-electron chi connectivity index (χ2n) is 22.8. The second-order valence-corrected chi connectivity index (χ2v) is 23.9. The van der Waals surface area contributed by atoms with Crippen LogP contribution in [-0.4, -0.2) is 201 Å². The lowest BCUT2D eigenvalue weighted by molar-refractivity contribution is -0.318. The van der Waals surface area contributed by atoms with Crippen molar-refractivity contribution in [1.82, 2.24) is 14.4 Å². The van der Waals surface area contributed by atoms with Gasteiger partial charge in [-0.15, -0.1) is 0 Å². The van der Waals surface area contributed by atoms with Crippen LogP contribution in [0.3, 0.4) is 0 Å². The maximum atomic E-state index is 14.4. The summed E-state index contributed by atoms with van der Waals surface area (Å²) in [5.74, 6) is -4.47. The summed E-state index contributed by atoms with van der Waals surface area (Å²) in [4.78, 5) is 56.5. The number of benzene rings is 1. The normalized spacial score (nSPS) is 38.5. The van der Waals surface area contributed by atoms with Crippen LogP contribution in [0.5, 0.6) is 5.75 Å². The van der Waals surface area contributed by atoms with Crippen LogP contribution in [0.25, 0.3) is 10.9 Å². The van der Waals surface area contributed by atoms with Crippen molar-refractivity contribution in [2.45, 2.75) is 195 Å². The molecule has 4 heterocycles. The zero-order chi connectivity index (χ0) is 56.4. The smallest absolute Gasteiger partial charge is 0.341 e. The maximum absolute atomic E-state index is 14.4. The van der Waals surface area contributed by atoms with E-state index < -0.39 is 111 Å². The number of alkyl halides is 1. The van der Waals surface area contributed by atoms with Crippen LogP contribution in [0.15, 0.2) is 29.2 Å². The van der Waals surface area contributed by atoms with Crippen LogP contribution in [0, 0.1) is 17.8 Å². The molecule has 1 saturated carbocycles. The highest BCUT2D eigenvalue weighted by molar-refractivity contribution is 14.1. The fourth-order valence-electron chi connectivity index (χ4n) is 11.3. The molecule has 0 radical (unpaired) electrons. The monoisotopic (exact) mass is 1190 g/mol. The Balaban J connectivity index is 1.16. The van der Waals surface area contributed by atoms with Gasteiger partial charge < -0.3 is 82.5 Å². The Morgan fingerprint density at radius 2 is 1.62 bits per heavy atom. The molecular formula is C54H84IN3O18. The number of carboxylic acid groups (broad SMARTS) is 1. The third-order valence-electron chi connectivity index (χ3n) is 15.9. The van der Waals surface area contributed by atoms with Crippen LogP contribution in [-0.2, 0) is 47.5 Å². The molecule has 3 saturated heterocycles. The molecule has 0 spiro atoms. The fraction of sp³-hybridized carbons (Fsp3) is 0.778. The number of aromatic nitrogens is 1. The topological polar surface area (TPSA) is 264 Å². The quantitative estimate of drug-likeness (QED) is 0.0680. The van der Waals surface area contributed by atoms with Crippen molar-refractivity contribution in [3.05, 3.63) is 40.2 Å². The first kappa shape index (κ1) is 62.1. The molecule has 2 aromatic rings. The van der Waals surface area contributed by atoms with E-state index in [2.05, 4.69) is 0 Å². The standard InChI is InChI=1S/C54H84IN3O18/c1-28-24-52(7,66)46(75-50-43(61)39(56(10)11)22-29(2)71-50)30(3)44(31(4)49(65)76-51(55)54(9,67)45(62)32(5)57(12)26-28)74-41-25-53(8,68-13)47(33(6)72-41)73-40(59)18-19-69-20-21-70-35-16-17-38-36(23-35)42(60)37(48(63)64)27-58(38)34-14-15-34/h16-17,23,27-34,39,41,43-47,50-51,61-62,66-67H,14-15,18-22,24-26H2,1-13H3,(H,63,64)/t28-,29-,30+,31-,32-,33+,39+,41+,43+,44+,45-,46-,47+,50+,51+,52-,53-,54+/m1/s1. The molecule has 0 amide bonds. The second kappa shape index (κ2) is 25.6. The van der Waals surface area contributed by atoms with Gasteiger partial charge in [-0.25, -0.2) is 4.79 Å². The van der Waals surface area contributed by atoms with Crippen LogP contribution in [0.1, 0.15) is 117 Å². The zero-order valence-corrected chi connectivity index (χ0v) is 48.5. The molecule has 22 heteroatoms. The number of carboxylic acids is 1. The molecule has 0 bridgehead atoms. The average Bonchev–Trinajstić information content (AvgIpc) is 4.20. The number of aliphatic hydroxyl groups is 4. The molecular weight excluding hydrogens is 1110 g/mol. The summed E-state index contributed by atoms with van der Waals surface area (Å²) >= 11 is 1.81. The first-order valence-corrected chi connectivity index (χ1v) is 27.8. The van der Waals surface area contributed by atoms with E-state index in [9.17, 15) is 44.7 Å². The van der Waals surface area contributed by atoms with Gasteiger partial charge in [-0.1, -0.05) is 13.8 Å². The molecule has 0 unspecified atom stereocenters. The summed E-state index contributed by atoms with van der Waals surface area (Å²) < 4.78 is 56.6. The largest absolute Gasteiger partial charge is 0.491 e. The first-order chi connectivity index (χ1) is 35.5. The number of hydrogen-bond acceptors (Lipinski definition) is 19. The summed E-state index contributed by atoms with van der Waals surface area (Å²) in [7, 11) is 7.01. The predicted octanol–water partition coefficient (Wildman–Crippen LogP) is 4.27. The van der Waals surface area contributed by atoms with Crippen molar-refractivity contribution in [1.29, 1.82) is 0 Å². The summed E-state index contributed by atoms with van der Waals surface area (Å²) in [5, 5.41) is 57.6. The Kier molecular flexibility index (Phi) is 20.9. The number of hydrogen-bond donors (Lipinski definition) is 5. The molecule has 3 aliphatic heterocycles. The Bertz CT molecular complexity index is 2370. The van der Waals surface area contributed by atoms with E-state index in [1.54, 1.807) is 53.7 Å².